The number of rotatable bonds is 13. The van der Waals surface area contributed by atoms with Crippen molar-refractivity contribution in [1.29, 1.82) is 0 Å². The van der Waals surface area contributed by atoms with Gasteiger partial charge in [0.25, 0.3) is 0 Å². The average Bonchev–Trinajstić information content (AvgIpc) is 3.39. The summed E-state index contributed by atoms with van der Waals surface area (Å²) in [6.07, 6.45) is 1.05. The molecule has 3 rings (SSSR count). The molecule has 12 heteroatoms. The van der Waals surface area contributed by atoms with E-state index in [-0.39, 0.29) is 31.5 Å². The molecule has 0 saturated heterocycles. The van der Waals surface area contributed by atoms with Gasteiger partial charge in [-0.15, -0.1) is 5.10 Å². The second-order valence-corrected chi connectivity index (χ2v) is 7.81. The first kappa shape index (κ1) is 27.0. The van der Waals surface area contributed by atoms with Crippen LogP contribution in [0.3, 0.4) is 0 Å². The topological polar surface area (TPSA) is 151 Å². The van der Waals surface area contributed by atoms with Gasteiger partial charge in [-0.05, 0) is 18.2 Å². The molecule has 0 spiro atoms. The van der Waals surface area contributed by atoms with E-state index < -0.39 is 11.9 Å². The first-order chi connectivity index (χ1) is 17.8. The number of amides is 1. The molecule has 196 valence electrons. The van der Waals surface area contributed by atoms with Crippen LogP contribution < -0.4 is 24.3 Å². The summed E-state index contributed by atoms with van der Waals surface area (Å²) in [5.41, 5.74) is 2.27. The summed E-state index contributed by atoms with van der Waals surface area (Å²) >= 11 is 0. The van der Waals surface area contributed by atoms with Crippen LogP contribution in [0.4, 0.5) is 5.69 Å². The van der Waals surface area contributed by atoms with Gasteiger partial charge in [-0.2, -0.15) is 0 Å². The molecule has 1 amide bonds. The van der Waals surface area contributed by atoms with Crippen LogP contribution >= 0.6 is 0 Å². The molecule has 12 nitrogen and oxygen atoms in total. The van der Waals surface area contributed by atoms with Crippen molar-refractivity contribution in [3.05, 3.63) is 36.5 Å². The molecule has 37 heavy (non-hydrogen) atoms. The highest BCUT2D eigenvalue weighted by atomic mass is 16.5. The van der Waals surface area contributed by atoms with Gasteiger partial charge in [-0.25, -0.2) is 4.68 Å². The lowest BCUT2D eigenvalue weighted by Gasteiger charge is -2.15. The highest BCUT2D eigenvalue weighted by Gasteiger charge is 2.18. The molecular formula is C25H28N4O8. The molecule has 1 aromatic heterocycles. The molecule has 0 aliphatic rings. The number of anilines is 1. The zero-order chi connectivity index (χ0) is 26.9. The van der Waals surface area contributed by atoms with E-state index in [2.05, 4.69) is 15.6 Å². The maximum Gasteiger partial charge on any atom is 0.303 e. The predicted molar refractivity (Wildman–Crippen MR) is 133 cm³/mol. The standard InChI is InChI=1S/C25H28N4O8/c1-34-20-8-5-15(11-18(20)27-23(31)9-6-17(30)7-10-24(32)33)19-14-26-28-29(19)16-12-21(35-2)25(37-4)22(13-16)36-3/h5,8,11-14H,6-7,9-10H2,1-4H3,(H,27,31)(H,32,33). The quantitative estimate of drug-likeness (QED) is 0.349. The first-order valence-corrected chi connectivity index (χ1v) is 11.2. The monoisotopic (exact) mass is 512 g/mol. The highest BCUT2D eigenvalue weighted by Crippen LogP contribution is 2.40. The normalized spacial score (nSPS) is 10.5. The molecule has 0 radical (unpaired) electrons. The Bertz CT molecular complexity index is 1260. The summed E-state index contributed by atoms with van der Waals surface area (Å²) in [7, 11) is 6.02. The second-order valence-electron chi connectivity index (χ2n) is 7.81. The van der Waals surface area contributed by atoms with Gasteiger partial charge in [0.05, 0.1) is 58.1 Å². The van der Waals surface area contributed by atoms with E-state index in [0.29, 0.717) is 45.6 Å². The molecule has 0 bridgehead atoms. The van der Waals surface area contributed by atoms with E-state index in [0.717, 1.165) is 0 Å². The molecule has 1 heterocycles. The van der Waals surface area contributed by atoms with Crippen molar-refractivity contribution in [2.75, 3.05) is 33.8 Å². The van der Waals surface area contributed by atoms with Gasteiger partial charge in [0.15, 0.2) is 11.5 Å². The molecule has 0 saturated carbocycles. The summed E-state index contributed by atoms with van der Waals surface area (Å²) in [5.74, 6) is -0.0150. The lowest BCUT2D eigenvalue weighted by Crippen LogP contribution is -2.14. The smallest absolute Gasteiger partial charge is 0.303 e. The van der Waals surface area contributed by atoms with Crippen LogP contribution in [0, 0.1) is 0 Å². The van der Waals surface area contributed by atoms with Crippen LogP contribution in [0.2, 0.25) is 0 Å². The number of carbonyl (C=O) groups excluding carboxylic acids is 2. The summed E-state index contributed by atoms with van der Waals surface area (Å²) < 4.78 is 23.2. The fourth-order valence-electron chi connectivity index (χ4n) is 3.61. The molecule has 0 aliphatic carbocycles. The van der Waals surface area contributed by atoms with Crippen LogP contribution in [0.1, 0.15) is 25.7 Å². The summed E-state index contributed by atoms with van der Waals surface area (Å²) in [6, 6.07) is 8.64. The molecular weight excluding hydrogens is 484 g/mol. The largest absolute Gasteiger partial charge is 0.495 e. The Kier molecular flexibility index (Phi) is 9.03. The summed E-state index contributed by atoms with van der Waals surface area (Å²) in [5, 5.41) is 19.7. The Morgan fingerprint density at radius 3 is 2.11 bits per heavy atom. The Hall–Kier alpha value is -4.61. The fraction of sp³-hybridized carbons (Fsp3) is 0.320. The number of nitrogens with zero attached hydrogens (tertiary/aromatic N) is 3. The molecule has 3 aromatic rings. The number of benzene rings is 2. The van der Waals surface area contributed by atoms with Gasteiger partial charge in [0, 0.05) is 37.0 Å². The fourth-order valence-corrected chi connectivity index (χ4v) is 3.61. The van der Waals surface area contributed by atoms with Gasteiger partial charge in [0.1, 0.15) is 11.5 Å². The number of Topliss-reactive ketones (excluding diaryl/α,β-unsaturated/α-hetero) is 1. The van der Waals surface area contributed by atoms with E-state index in [1.165, 1.54) is 28.4 Å². The number of nitrogens with one attached hydrogen (secondary N) is 1. The van der Waals surface area contributed by atoms with Gasteiger partial charge < -0.3 is 29.4 Å². The summed E-state index contributed by atoms with van der Waals surface area (Å²) in [6.45, 7) is 0. The molecule has 0 aliphatic heterocycles. The maximum absolute atomic E-state index is 12.5. The maximum atomic E-state index is 12.5. The Labute approximate surface area is 213 Å². The second kappa shape index (κ2) is 12.4. The Balaban J connectivity index is 1.87. The number of hydrogen-bond acceptors (Lipinski definition) is 9. The van der Waals surface area contributed by atoms with Crippen LogP contribution in [-0.2, 0) is 14.4 Å². The van der Waals surface area contributed by atoms with Crippen molar-refractivity contribution in [3.63, 3.8) is 0 Å². The van der Waals surface area contributed by atoms with E-state index in [4.69, 9.17) is 24.1 Å². The molecule has 2 aromatic carbocycles. The van der Waals surface area contributed by atoms with Crippen LogP contribution in [0.25, 0.3) is 16.9 Å². The molecule has 0 fully saturated rings. The average molecular weight is 513 g/mol. The zero-order valence-electron chi connectivity index (χ0n) is 20.9. The number of methoxy groups -OCH3 is 4. The van der Waals surface area contributed by atoms with Gasteiger partial charge in [-0.3, -0.25) is 14.4 Å². The number of carboxylic acid groups (broad SMARTS) is 1. The number of aliphatic carboxylic acids is 1. The minimum Gasteiger partial charge on any atom is -0.495 e. The van der Waals surface area contributed by atoms with Crippen LogP contribution in [0.5, 0.6) is 23.0 Å². The van der Waals surface area contributed by atoms with Crippen LogP contribution in [0.15, 0.2) is 36.5 Å². The number of carbonyl (C=O) groups is 3. The number of ketones is 1. The lowest BCUT2D eigenvalue weighted by molar-refractivity contribution is -0.138. The highest BCUT2D eigenvalue weighted by molar-refractivity contribution is 5.95. The SMILES string of the molecule is COc1ccc(-c2cnnn2-c2cc(OC)c(OC)c(OC)c2)cc1NC(=O)CCC(=O)CCC(=O)O. The third kappa shape index (κ3) is 6.54. The van der Waals surface area contributed by atoms with Gasteiger partial charge >= 0.3 is 5.97 Å². The van der Waals surface area contributed by atoms with Crippen molar-refractivity contribution in [1.82, 2.24) is 15.0 Å². The van der Waals surface area contributed by atoms with E-state index in [1.54, 1.807) is 41.2 Å². The molecule has 0 atom stereocenters. The van der Waals surface area contributed by atoms with Crippen molar-refractivity contribution >= 4 is 23.3 Å². The van der Waals surface area contributed by atoms with Gasteiger partial charge in [-0.1, -0.05) is 5.21 Å². The van der Waals surface area contributed by atoms with Crippen molar-refractivity contribution in [2.24, 2.45) is 0 Å². The number of aromatic nitrogens is 3. The lowest BCUT2D eigenvalue weighted by atomic mass is 10.1. The third-order valence-electron chi connectivity index (χ3n) is 5.46. The van der Waals surface area contributed by atoms with Crippen LogP contribution in [-0.4, -0.2) is 66.2 Å². The first-order valence-electron chi connectivity index (χ1n) is 11.2. The van der Waals surface area contributed by atoms with E-state index in [9.17, 15) is 14.4 Å². The number of hydrogen-bond donors (Lipinski definition) is 2. The third-order valence-corrected chi connectivity index (χ3v) is 5.46. The zero-order valence-corrected chi connectivity index (χ0v) is 20.9. The molecule has 2 N–H and O–H groups in total. The van der Waals surface area contributed by atoms with Crippen molar-refractivity contribution in [3.8, 4) is 39.9 Å². The summed E-state index contributed by atoms with van der Waals surface area (Å²) in [4.78, 5) is 35.0. The Morgan fingerprint density at radius 1 is 0.865 bits per heavy atom. The molecule has 0 unspecified atom stereocenters. The van der Waals surface area contributed by atoms with Gasteiger partial charge in [0.2, 0.25) is 11.7 Å². The number of carboxylic acids is 1. The predicted octanol–water partition coefficient (Wildman–Crippen LogP) is 3.12. The minimum absolute atomic E-state index is 0.0566. The minimum atomic E-state index is -1.06. The van der Waals surface area contributed by atoms with Crippen molar-refractivity contribution in [2.45, 2.75) is 25.7 Å². The Morgan fingerprint density at radius 2 is 1.51 bits per heavy atom. The van der Waals surface area contributed by atoms with Crippen molar-refractivity contribution < 1.29 is 38.4 Å². The van der Waals surface area contributed by atoms with E-state index >= 15 is 0 Å². The number of ether oxygens (including phenoxy) is 4. The van der Waals surface area contributed by atoms with E-state index in [1.807, 2.05) is 0 Å².